The number of hydrogen-bond acceptors (Lipinski definition) is 3. The molecule has 0 fully saturated rings. The molecule has 0 saturated carbocycles. The molecule has 0 bridgehead atoms. The first kappa shape index (κ1) is 16.9. The van der Waals surface area contributed by atoms with Gasteiger partial charge in [-0.2, -0.15) is 13.2 Å². The van der Waals surface area contributed by atoms with Crippen LogP contribution in [0.15, 0.2) is 30.3 Å². The molecule has 0 heterocycles. The van der Waals surface area contributed by atoms with E-state index >= 15 is 0 Å². The summed E-state index contributed by atoms with van der Waals surface area (Å²) in [5.74, 6) is -0.365. The second-order valence-electron chi connectivity index (χ2n) is 4.40. The van der Waals surface area contributed by atoms with Crippen molar-refractivity contribution in [1.29, 1.82) is 0 Å². The van der Waals surface area contributed by atoms with Crippen molar-refractivity contribution in [2.75, 3.05) is 13.2 Å². The van der Waals surface area contributed by atoms with Crippen molar-refractivity contribution in [1.82, 2.24) is 4.72 Å². The first-order chi connectivity index (χ1) is 9.22. The van der Waals surface area contributed by atoms with Crippen LogP contribution in [0.1, 0.15) is 12.5 Å². The maximum absolute atomic E-state index is 12.1. The summed E-state index contributed by atoms with van der Waals surface area (Å²) in [5.41, 5.74) is -4.34. The van der Waals surface area contributed by atoms with Gasteiger partial charge in [0.25, 0.3) is 0 Å². The molecule has 0 aliphatic rings. The van der Waals surface area contributed by atoms with Gasteiger partial charge in [0.05, 0.1) is 13.2 Å². The van der Waals surface area contributed by atoms with E-state index in [2.05, 4.69) is 0 Å². The molecule has 0 spiro atoms. The number of sulfonamides is 1. The van der Waals surface area contributed by atoms with E-state index in [4.69, 9.17) is 4.74 Å². The molecule has 0 aliphatic heterocycles. The molecule has 1 rings (SSSR count). The van der Waals surface area contributed by atoms with Crippen molar-refractivity contribution in [3.8, 4) is 0 Å². The molecule has 20 heavy (non-hydrogen) atoms. The zero-order valence-corrected chi connectivity index (χ0v) is 11.7. The van der Waals surface area contributed by atoms with E-state index in [1.54, 1.807) is 6.92 Å². The molecular formula is C12H16F3NO3S. The number of hydrogen-bond donors (Lipinski definition) is 1. The van der Waals surface area contributed by atoms with E-state index in [0.29, 0.717) is 6.61 Å². The summed E-state index contributed by atoms with van der Waals surface area (Å²) in [5, 5.41) is 0. The molecule has 1 aromatic carbocycles. The van der Waals surface area contributed by atoms with Gasteiger partial charge in [-0.3, -0.25) is 0 Å². The fourth-order valence-electron chi connectivity index (χ4n) is 1.34. The Balaban J connectivity index is 2.29. The van der Waals surface area contributed by atoms with Crippen molar-refractivity contribution in [3.05, 3.63) is 35.9 Å². The number of alkyl halides is 3. The van der Waals surface area contributed by atoms with E-state index in [9.17, 15) is 21.6 Å². The summed E-state index contributed by atoms with van der Waals surface area (Å²) in [6.07, 6.45) is 0. The minimum absolute atomic E-state index is 0.162. The lowest BCUT2D eigenvalue weighted by Gasteiger charge is -2.14. The van der Waals surface area contributed by atoms with Crippen LogP contribution in [0, 0.1) is 5.92 Å². The third kappa shape index (κ3) is 5.48. The molecule has 0 aromatic heterocycles. The van der Waals surface area contributed by atoms with Crippen molar-refractivity contribution in [2.24, 2.45) is 5.92 Å². The largest absolute Gasteiger partial charge is 0.511 e. The van der Waals surface area contributed by atoms with Crippen molar-refractivity contribution in [3.63, 3.8) is 0 Å². The van der Waals surface area contributed by atoms with Crippen molar-refractivity contribution >= 4 is 10.0 Å². The summed E-state index contributed by atoms with van der Waals surface area (Å²) in [6, 6.07) is 9.27. The van der Waals surface area contributed by atoms with Gasteiger partial charge in [-0.05, 0) is 11.5 Å². The van der Waals surface area contributed by atoms with Crippen LogP contribution in [0.25, 0.3) is 0 Å². The van der Waals surface area contributed by atoms with E-state index in [1.807, 2.05) is 30.3 Å². The maximum atomic E-state index is 12.1. The first-order valence-corrected chi connectivity index (χ1v) is 7.38. The highest BCUT2D eigenvalue weighted by molar-refractivity contribution is 7.90. The molecule has 114 valence electrons. The third-order valence-corrected chi connectivity index (χ3v) is 3.60. The Kier molecular flexibility index (Phi) is 5.97. The van der Waals surface area contributed by atoms with Crippen LogP contribution >= 0.6 is 0 Å². The van der Waals surface area contributed by atoms with E-state index in [1.165, 1.54) is 4.72 Å². The molecule has 0 radical (unpaired) electrons. The van der Waals surface area contributed by atoms with Gasteiger partial charge in [0.1, 0.15) is 0 Å². The second kappa shape index (κ2) is 7.05. The first-order valence-electron chi connectivity index (χ1n) is 5.90. The smallest absolute Gasteiger partial charge is 0.376 e. The van der Waals surface area contributed by atoms with E-state index < -0.39 is 15.5 Å². The second-order valence-corrected chi connectivity index (χ2v) is 6.16. The van der Waals surface area contributed by atoms with Crippen LogP contribution in [-0.2, 0) is 21.4 Å². The molecule has 1 atom stereocenters. The Morgan fingerprint density at radius 3 is 2.40 bits per heavy atom. The highest BCUT2D eigenvalue weighted by Gasteiger charge is 2.45. The van der Waals surface area contributed by atoms with Crippen LogP contribution in [0.5, 0.6) is 0 Å². The average molecular weight is 311 g/mol. The molecule has 1 unspecified atom stereocenters. The topological polar surface area (TPSA) is 55.4 Å². The van der Waals surface area contributed by atoms with Gasteiger partial charge in [-0.25, -0.2) is 13.1 Å². The molecule has 0 aliphatic carbocycles. The number of benzene rings is 1. The van der Waals surface area contributed by atoms with Crippen LogP contribution in [-0.4, -0.2) is 27.1 Å². The Morgan fingerprint density at radius 2 is 1.85 bits per heavy atom. The lowest BCUT2D eigenvalue weighted by Crippen LogP contribution is -2.39. The average Bonchev–Trinajstić information content (AvgIpc) is 2.36. The lowest BCUT2D eigenvalue weighted by molar-refractivity contribution is -0.0449. The summed E-state index contributed by atoms with van der Waals surface area (Å²) in [4.78, 5) is 0. The molecule has 1 aromatic rings. The van der Waals surface area contributed by atoms with E-state index in [-0.39, 0.29) is 19.1 Å². The van der Waals surface area contributed by atoms with Gasteiger partial charge in [-0.15, -0.1) is 0 Å². The number of nitrogens with one attached hydrogen (secondary N) is 1. The molecular weight excluding hydrogens is 295 g/mol. The van der Waals surface area contributed by atoms with Crippen LogP contribution in [0.2, 0.25) is 0 Å². The van der Waals surface area contributed by atoms with Gasteiger partial charge < -0.3 is 4.74 Å². The van der Waals surface area contributed by atoms with Crippen molar-refractivity contribution < 1.29 is 26.3 Å². The summed E-state index contributed by atoms with van der Waals surface area (Å²) >= 11 is 0. The highest BCUT2D eigenvalue weighted by atomic mass is 32.2. The third-order valence-electron chi connectivity index (χ3n) is 2.44. The Bertz CT molecular complexity index is 502. The fourth-order valence-corrected chi connectivity index (χ4v) is 2.01. The van der Waals surface area contributed by atoms with E-state index in [0.717, 1.165) is 5.56 Å². The van der Waals surface area contributed by atoms with Gasteiger partial charge in [0.2, 0.25) is 0 Å². The van der Waals surface area contributed by atoms with Gasteiger partial charge in [-0.1, -0.05) is 37.3 Å². The monoisotopic (exact) mass is 311 g/mol. The zero-order valence-electron chi connectivity index (χ0n) is 10.9. The summed E-state index contributed by atoms with van der Waals surface area (Å²) in [6.45, 7) is 1.77. The summed E-state index contributed by atoms with van der Waals surface area (Å²) in [7, 11) is -5.28. The zero-order chi connectivity index (χ0) is 15.2. The predicted octanol–water partition coefficient (Wildman–Crippen LogP) is 2.28. The van der Waals surface area contributed by atoms with Gasteiger partial charge in [0.15, 0.2) is 0 Å². The van der Waals surface area contributed by atoms with Gasteiger partial charge in [0, 0.05) is 6.54 Å². The van der Waals surface area contributed by atoms with Crippen LogP contribution in [0.3, 0.4) is 0 Å². The van der Waals surface area contributed by atoms with Crippen molar-refractivity contribution in [2.45, 2.75) is 19.0 Å². The SMILES string of the molecule is CC(CNS(=O)(=O)C(F)(F)F)COCc1ccccc1. The summed E-state index contributed by atoms with van der Waals surface area (Å²) < 4.78 is 64.6. The minimum atomic E-state index is -5.28. The maximum Gasteiger partial charge on any atom is 0.511 e. The van der Waals surface area contributed by atoms with Gasteiger partial charge >= 0.3 is 15.5 Å². The minimum Gasteiger partial charge on any atom is -0.376 e. The van der Waals surface area contributed by atoms with Crippen LogP contribution in [0.4, 0.5) is 13.2 Å². The number of rotatable bonds is 7. The molecule has 0 amide bonds. The molecule has 8 heteroatoms. The standard InChI is InChI=1S/C12H16F3NO3S/c1-10(7-16-20(17,18)12(13,14)15)8-19-9-11-5-3-2-4-6-11/h2-6,10,16H,7-9H2,1H3. The number of halogens is 3. The Labute approximate surface area is 116 Å². The lowest BCUT2D eigenvalue weighted by atomic mass is 10.2. The normalized spacial score (nSPS) is 14.2. The quantitative estimate of drug-likeness (QED) is 0.840. The molecule has 1 N–H and O–H groups in total. The Hall–Kier alpha value is -1.12. The Morgan fingerprint density at radius 1 is 1.25 bits per heavy atom. The number of ether oxygens (including phenoxy) is 1. The fraction of sp³-hybridized carbons (Fsp3) is 0.500. The molecule has 0 saturated heterocycles. The predicted molar refractivity (Wildman–Crippen MR) is 68.2 cm³/mol. The molecule has 4 nitrogen and oxygen atoms in total. The highest BCUT2D eigenvalue weighted by Crippen LogP contribution is 2.21. The van der Waals surface area contributed by atoms with Crippen LogP contribution < -0.4 is 4.72 Å².